The van der Waals surface area contributed by atoms with Crippen LogP contribution in [0.5, 0.6) is 0 Å². The number of halogens is 2. The van der Waals surface area contributed by atoms with E-state index in [1.54, 1.807) is 20.0 Å². The molecule has 1 aromatic carbocycles. The van der Waals surface area contributed by atoms with Crippen molar-refractivity contribution in [3.63, 3.8) is 0 Å². The Kier molecular flexibility index (Phi) is 5.48. The molecule has 0 radical (unpaired) electrons. The number of anilines is 1. The van der Waals surface area contributed by atoms with Gasteiger partial charge >= 0.3 is 0 Å². The molecule has 3 aromatic rings. The summed E-state index contributed by atoms with van der Waals surface area (Å²) in [5.41, 5.74) is 2.31. The first-order valence-corrected chi connectivity index (χ1v) is 9.94. The number of rotatable bonds is 5. The second-order valence-electron chi connectivity index (χ2n) is 7.45. The van der Waals surface area contributed by atoms with Crippen LogP contribution in [0.25, 0.3) is 5.69 Å². The van der Waals surface area contributed by atoms with Gasteiger partial charge < -0.3 is 10.2 Å². The molecule has 1 aliphatic rings. The average molecular weight is 411 g/mol. The van der Waals surface area contributed by atoms with Crippen molar-refractivity contribution in [3.05, 3.63) is 70.7 Å². The summed E-state index contributed by atoms with van der Waals surface area (Å²) in [5.74, 6) is -0.754. The highest BCUT2D eigenvalue weighted by molar-refractivity contribution is 5.96. The molecule has 0 bridgehead atoms. The lowest BCUT2D eigenvalue weighted by Crippen LogP contribution is -2.24. The number of aryl methyl sites for hydroxylation is 1. The Hall–Kier alpha value is -3.29. The molecule has 0 saturated carbocycles. The normalized spacial score (nSPS) is 13.7. The van der Waals surface area contributed by atoms with E-state index in [2.05, 4.69) is 20.3 Å². The van der Waals surface area contributed by atoms with E-state index in [1.807, 2.05) is 12.1 Å². The second kappa shape index (κ2) is 8.22. The highest BCUT2D eigenvalue weighted by Gasteiger charge is 2.21. The van der Waals surface area contributed by atoms with E-state index < -0.39 is 11.6 Å². The molecule has 0 spiro atoms. The number of carbonyl (C=O) groups is 1. The van der Waals surface area contributed by atoms with Gasteiger partial charge in [-0.3, -0.25) is 4.79 Å². The Labute approximate surface area is 173 Å². The molecular formula is C22H23F2N5O. The van der Waals surface area contributed by atoms with Gasteiger partial charge in [-0.25, -0.2) is 18.4 Å². The van der Waals surface area contributed by atoms with Gasteiger partial charge in [0, 0.05) is 31.9 Å². The summed E-state index contributed by atoms with van der Waals surface area (Å²) in [6.07, 6.45) is 4.15. The Bertz CT molecular complexity index is 1070. The van der Waals surface area contributed by atoms with Gasteiger partial charge in [-0.05, 0) is 50.5 Å². The van der Waals surface area contributed by atoms with E-state index in [1.165, 1.54) is 23.6 Å². The number of hydrogen-bond donors (Lipinski definition) is 1. The zero-order chi connectivity index (χ0) is 21.3. The van der Waals surface area contributed by atoms with E-state index in [-0.39, 0.29) is 11.6 Å². The van der Waals surface area contributed by atoms with Crippen LogP contribution in [0.4, 0.5) is 14.6 Å². The minimum Gasteiger partial charge on any atom is -0.357 e. The highest BCUT2D eigenvalue weighted by Crippen LogP contribution is 2.21. The number of benzene rings is 1. The molecule has 4 rings (SSSR count). The smallest absolute Gasteiger partial charge is 0.255 e. The van der Waals surface area contributed by atoms with E-state index in [4.69, 9.17) is 0 Å². The molecule has 3 heterocycles. The molecule has 0 atom stereocenters. The predicted octanol–water partition coefficient (Wildman–Crippen LogP) is 3.69. The van der Waals surface area contributed by atoms with Crippen molar-refractivity contribution in [1.29, 1.82) is 0 Å². The van der Waals surface area contributed by atoms with Gasteiger partial charge in [-0.15, -0.1) is 0 Å². The number of amides is 1. The lowest BCUT2D eigenvalue weighted by Gasteiger charge is -2.16. The Morgan fingerprint density at radius 1 is 1.13 bits per heavy atom. The minimum absolute atomic E-state index is 0.0951. The Morgan fingerprint density at radius 2 is 1.90 bits per heavy atom. The molecule has 8 heteroatoms. The van der Waals surface area contributed by atoms with Gasteiger partial charge in [-0.1, -0.05) is 6.07 Å². The maximum absolute atomic E-state index is 14.2. The number of hydrogen-bond acceptors (Lipinski definition) is 4. The molecule has 0 aliphatic carbocycles. The number of nitrogens with one attached hydrogen (secondary N) is 1. The maximum Gasteiger partial charge on any atom is 0.255 e. The zero-order valence-electron chi connectivity index (χ0n) is 17.0. The van der Waals surface area contributed by atoms with Crippen LogP contribution in [0.15, 0.2) is 36.5 Å². The predicted molar refractivity (Wildman–Crippen MR) is 110 cm³/mol. The summed E-state index contributed by atoms with van der Waals surface area (Å²) in [4.78, 5) is 19.5. The second-order valence-corrected chi connectivity index (χ2v) is 7.45. The van der Waals surface area contributed by atoms with E-state index in [9.17, 15) is 13.6 Å². The molecule has 1 fully saturated rings. The topological polar surface area (TPSA) is 63.1 Å². The first-order valence-electron chi connectivity index (χ1n) is 9.94. The van der Waals surface area contributed by atoms with Crippen LogP contribution in [-0.4, -0.2) is 33.8 Å². The molecule has 1 saturated heterocycles. The molecule has 2 aromatic heterocycles. The van der Waals surface area contributed by atoms with Crippen LogP contribution >= 0.6 is 0 Å². The van der Waals surface area contributed by atoms with Gasteiger partial charge in [0.2, 0.25) is 0 Å². The van der Waals surface area contributed by atoms with Crippen molar-refractivity contribution < 1.29 is 13.6 Å². The summed E-state index contributed by atoms with van der Waals surface area (Å²) in [7, 11) is 0. The van der Waals surface area contributed by atoms with Gasteiger partial charge in [0.15, 0.2) is 5.82 Å². The molecule has 1 amide bonds. The van der Waals surface area contributed by atoms with Crippen LogP contribution in [0.3, 0.4) is 0 Å². The fourth-order valence-corrected chi connectivity index (χ4v) is 3.78. The molecule has 30 heavy (non-hydrogen) atoms. The van der Waals surface area contributed by atoms with E-state index in [0.29, 0.717) is 23.5 Å². The van der Waals surface area contributed by atoms with Crippen molar-refractivity contribution in [3.8, 4) is 5.69 Å². The average Bonchev–Trinajstić information content (AvgIpc) is 3.35. The molecule has 156 valence electrons. The molecule has 1 N–H and O–H groups in total. The van der Waals surface area contributed by atoms with Crippen molar-refractivity contribution in [1.82, 2.24) is 20.1 Å². The third-order valence-electron chi connectivity index (χ3n) is 5.35. The zero-order valence-corrected chi connectivity index (χ0v) is 17.0. The molecule has 1 aliphatic heterocycles. The van der Waals surface area contributed by atoms with Crippen molar-refractivity contribution in [2.24, 2.45) is 0 Å². The van der Waals surface area contributed by atoms with Gasteiger partial charge in [-0.2, -0.15) is 5.10 Å². The summed E-state index contributed by atoms with van der Waals surface area (Å²) in [5, 5.41) is 7.15. The third kappa shape index (κ3) is 3.90. The van der Waals surface area contributed by atoms with E-state index >= 15 is 0 Å². The largest absolute Gasteiger partial charge is 0.357 e. The van der Waals surface area contributed by atoms with Crippen molar-refractivity contribution in [2.75, 3.05) is 18.0 Å². The summed E-state index contributed by atoms with van der Waals surface area (Å²) < 4.78 is 28.7. The number of pyridine rings is 1. The Morgan fingerprint density at radius 3 is 2.57 bits per heavy atom. The quantitative estimate of drug-likeness (QED) is 0.696. The van der Waals surface area contributed by atoms with Crippen LogP contribution in [-0.2, 0) is 6.54 Å². The highest BCUT2D eigenvalue weighted by atomic mass is 19.1. The van der Waals surface area contributed by atoms with Gasteiger partial charge in [0.05, 0.1) is 17.0 Å². The standard InChI is InChI=1S/C22H23F2N5O/c1-14-21(15(2)29(27-14)19-7-6-17(23)11-18(19)24)22(30)26-13-16-5-8-20(25-12-16)28-9-3-4-10-28/h5-8,11-12H,3-4,9-10,13H2,1-2H3,(H,26,30). The molecule has 6 nitrogen and oxygen atoms in total. The fraction of sp³-hybridized carbons (Fsp3) is 0.318. The van der Waals surface area contributed by atoms with Crippen molar-refractivity contribution in [2.45, 2.75) is 33.2 Å². The summed E-state index contributed by atoms with van der Waals surface area (Å²) in [6.45, 7) is 5.75. The number of nitrogens with zero attached hydrogens (tertiary/aromatic N) is 4. The number of carbonyl (C=O) groups excluding carboxylic acids is 1. The lowest BCUT2D eigenvalue weighted by atomic mass is 10.1. The van der Waals surface area contributed by atoms with Crippen molar-refractivity contribution >= 4 is 11.7 Å². The maximum atomic E-state index is 14.2. The van der Waals surface area contributed by atoms with Crippen LogP contribution < -0.4 is 10.2 Å². The van der Waals surface area contributed by atoms with Crippen LogP contribution in [0.2, 0.25) is 0 Å². The fourth-order valence-electron chi connectivity index (χ4n) is 3.78. The molecule has 0 unspecified atom stereocenters. The van der Waals surface area contributed by atoms with Gasteiger partial charge in [0.25, 0.3) is 5.91 Å². The lowest BCUT2D eigenvalue weighted by molar-refractivity contribution is 0.0949. The molecular weight excluding hydrogens is 388 g/mol. The van der Waals surface area contributed by atoms with Gasteiger partial charge in [0.1, 0.15) is 17.3 Å². The van der Waals surface area contributed by atoms with Crippen LogP contribution in [0.1, 0.15) is 40.2 Å². The minimum atomic E-state index is -0.739. The summed E-state index contributed by atoms with van der Waals surface area (Å²) in [6, 6.07) is 7.19. The van der Waals surface area contributed by atoms with E-state index in [0.717, 1.165) is 36.6 Å². The first kappa shape index (κ1) is 20.0. The monoisotopic (exact) mass is 411 g/mol. The summed E-state index contributed by atoms with van der Waals surface area (Å²) >= 11 is 0. The third-order valence-corrected chi connectivity index (χ3v) is 5.35. The Balaban J connectivity index is 1.48. The number of aromatic nitrogens is 3. The SMILES string of the molecule is Cc1nn(-c2ccc(F)cc2F)c(C)c1C(=O)NCc1ccc(N2CCCC2)nc1. The van der Waals surface area contributed by atoms with Crippen LogP contribution in [0, 0.1) is 25.5 Å². The first-order chi connectivity index (χ1) is 14.4.